The molecule has 84 valence electrons. The topological polar surface area (TPSA) is 29.5 Å². The number of phenolic OH excluding ortho intramolecular Hbond substituents is 1. The number of rotatable bonds is 1. The van der Waals surface area contributed by atoms with Crippen LogP contribution in [0.4, 0.5) is 0 Å². The van der Waals surface area contributed by atoms with Crippen molar-refractivity contribution >= 4 is 21.5 Å². The molecule has 17 heavy (non-hydrogen) atoms. The Balaban J connectivity index is 2.58. The molecule has 0 aliphatic rings. The first-order valence-corrected chi connectivity index (χ1v) is 5.48. The molecule has 1 N–H and O–H groups in total. The van der Waals surface area contributed by atoms with Crippen molar-refractivity contribution in [3.8, 4) is 11.5 Å². The van der Waals surface area contributed by atoms with E-state index in [1.165, 1.54) is 0 Å². The molecule has 2 heteroatoms. The van der Waals surface area contributed by atoms with E-state index >= 15 is 0 Å². The van der Waals surface area contributed by atoms with Gasteiger partial charge in [0.1, 0.15) is 11.5 Å². The quantitative estimate of drug-likeness (QED) is 0.638. The van der Waals surface area contributed by atoms with E-state index < -0.39 is 0 Å². The molecule has 0 spiro atoms. The first-order valence-electron chi connectivity index (χ1n) is 5.48. The van der Waals surface area contributed by atoms with Gasteiger partial charge in [0, 0.05) is 0 Å². The molecule has 0 radical (unpaired) electrons. The van der Waals surface area contributed by atoms with Crippen LogP contribution in [-0.2, 0) is 0 Å². The number of hydrogen-bond donors (Lipinski definition) is 1. The molecule has 0 bridgehead atoms. The molecular formula is C15H12O2. The van der Waals surface area contributed by atoms with Crippen molar-refractivity contribution in [2.45, 2.75) is 0 Å². The summed E-state index contributed by atoms with van der Waals surface area (Å²) in [5.74, 6) is 0.960. The molecule has 0 atom stereocenters. The lowest BCUT2D eigenvalue weighted by Crippen LogP contribution is -1.86. The second-order valence-electron chi connectivity index (χ2n) is 4.00. The molecule has 0 amide bonds. The number of benzene rings is 3. The smallest absolute Gasteiger partial charge is 0.130 e. The van der Waals surface area contributed by atoms with Gasteiger partial charge >= 0.3 is 0 Å². The van der Waals surface area contributed by atoms with E-state index in [4.69, 9.17) is 4.74 Å². The maximum absolute atomic E-state index is 10.1. The van der Waals surface area contributed by atoms with Crippen LogP contribution in [0.3, 0.4) is 0 Å². The first kappa shape index (κ1) is 9.97. The Morgan fingerprint density at radius 3 is 2.53 bits per heavy atom. The minimum Gasteiger partial charge on any atom is -0.507 e. The predicted molar refractivity (Wildman–Crippen MR) is 69.7 cm³/mol. The Morgan fingerprint density at radius 1 is 0.941 bits per heavy atom. The maximum Gasteiger partial charge on any atom is 0.130 e. The van der Waals surface area contributed by atoms with Gasteiger partial charge in [-0.2, -0.15) is 0 Å². The van der Waals surface area contributed by atoms with Gasteiger partial charge < -0.3 is 9.84 Å². The molecule has 0 unspecified atom stereocenters. The van der Waals surface area contributed by atoms with Gasteiger partial charge in [-0.05, 0) is 28.3 Å². The molecule has 0 aliphatic carbocycles. The second kappa shape index (κ2) is 3.67. The molecule has 3 aromatic carbocycles. The first-order chi connectivity index (χ1) is 8.31. The Labute approximate surface area is 99.1 Å². The highest BCUT2D eigenvalue weighted by atomic mass is 16.5. The van der Waals surface area contributed by atoms with Crippen molar-refractivity contribution in [3.05, 3.63) is 48.5 Å². The highest BCUT2D eigenvalue weighted by Crippen LogP contribution is 2.38. The van der Waals surface area contributed by atoms with Crippen LogP contribution in [0.15, 0.2) is 48.5 Å². The fourth-order valence-corrected chi connectivity index (χ4v) is 2.28. The predicted octanol–water partition coefficient (Wildman–Crippen LogP) is 3.71. The van der Waals surface area contributed by atoms with Gasteiger partial charge in [0.05, 0.1) is 12.5 Å². The number of methoxy groups -OCH3 is 1. The molecule has 3 rings (SSSR count). The van der Waals surface area contributed by atoms with E-state index in [0.717, 1.165) is 21.5 Å². The second-order valence-corrected chi connectivity index (χ2v) is 4.00. The van der Waals surface area contributed by atoms with Crippen molar-refractivity contribution in [2.75, 3.05) is 7.11 Å². The monoisotopic (exact) mass is 224 g/mol. The summed E-state index contributed by atoms with van der Waals surface area (Å²) in [6.45, 7) is 0. The average Bonchev–Trinajstić information content (AvgIpc) is 2.38. The lowest BCUT2D eigenvalue weighted by Gasteiger charge is -2.10. The van der Waals surface area contributed by atoms with E-state index in [1.54, 1.807) is 13.2 Å². The van der Waals surface area contributed by atoms with Crippen LogP contribution in [0.25, 0.3) is 21.5 Å². The molecule has 0 aromatic heterocycles. The van der Waals surface area contributed by atoms with Crippen LogP contribution in [0, 0.1) is 0 Å². The third-order valence-corrected chi connectivity index (χ3v) is 3.05. The summed E-state index contributed by atoms with van der Waals surface area (Å²) in [6.07, 6.45) is 0. The summed E-state index contributed by atoms with van der Waals surface area (Å²) >= 11 is 0. The molecule has 0 saturated carbocycles. The van der Waals surface area contributed by atoms with Gasteiger partial charge in [-0.3, -0.25) is 0 Å². The zero-order valence-electron chi connectivity index (χ0n) is 9.47. The summed E-state index contributed by atoms with van der Waals surface area (Å²) < 4.78 is 5.30. The standard InChI is InChI=1S/C15H12O2/c1-17-14-8-4-7-12-11-6-3-2-5-10(11)9-13(16)15(12)14/h2-9,16H,1H3. The van der Waals surface area contributed by atoms with Crippen LogP contribution in [-0.4, -0.2) is 12.2 Å². The van der Waals surface area contributed by atoms with E-state index in [2.05, 4.69) is 6.07 Å². The normalized spacial score (nSPS) is 10.9. The van der Waals surface area contributed by atoms with Crippen LogP contribution in [0.5, 0.6) is 11.5 Å². The molecule has 0 heterocycles. The highest BCUT2D eigenvalue weighted by Gasteiger charge is 2.09. The van der Waals surface area contributed by atoms with Gasteiger partial charge in [0.15, 0.2) is 0 Å². The van der Waals surface area contributed by atoms with E-state index in [-0.39, 0.29) is 5.75 Å². The number of ether oxygens (including phenoxy) is 1. The van der Waals surface area contributed by atoms with Crippen LogP contribution >= 0.6 is 0 Å². The number of aromatic hydroxyl groups is 1. The van der Waals surface area contributed by atoms with Gasteiger partial charge in [0.25, 0.3) is 0 Å². The number of fused-ring (bicyclic) bond motifs is 3. The summed E-state index contributed by atoms with van der Waals surface area (Å²) in [5, 5.41) is 14.0. The third-order valence-electron chi connectivity index (χ3n) is 3.05. The zero-order valence-corrected chi connectivity index (χ0v) is 9.47. The van der Waals surface area contributed by atoms with Crippen molar-refractivity contribution in [1.82, 2.24) is 0 Å². The molecule has 3 aromatic rings. The molecular weight excluding hydrogens is 212 g/mol. The van der Waals surface area contributed by atoms with Gasteiger partial charge in [-0.15, -0.1) is 0 Å². The largest absolute Gasteiger partial charge is 0.507 e. The van der Waals surface area contributed by atoms with Crippen molar-refractivity contribution in [1.29, 1.82) is 0 Å². The summed E-state index contributed by atoms with van der Waals surface area (Å²) in [7, 11) is 1.61. The third kappa shape index (κ3) is 1.41. The fourth-order valence-electron chi connectivity index (χ4n) is 2.28. The van der Waals surface area contributed by atoms with E-state index in [1.807, 2.05) is 36.4 Å². The minimum absolute atomic E-state index is 0.260. The van der Waals surface area contributed by atoms with Gasteiger partial charge in [-0.25, -0.2) is 0 Å². The van der Waals surface area contributed by atoms with Crippen LogP contribution < -0.4 is 4.74 Å². The van der Waals surface area contributed by atoms with Gasteiger partial charge in [-0.1, -0.05) is 36.4 Å². The van der Waals surface area contributed by atoms with Crippen molar-refractivity contribution in [2.24, 2.45) is 0 Å². The van der Waals surface area contributed by atoms with Crippen LogP contribution in [0.2, 0.25) is 0 Å². The number of hydrogen-bond acceptors (Lipinski definition) is 2. The Bertz CT molecular complexity index is 702. The summed E-state index contributed by atoms with van der Waals surface area (Å²) in [4.78, 5) is 0. The summed E-state index contributed by atoms with van der Waals surface area (Å²) in [6, 6.07) is 15.6. The Kier molecular flexibility index (Phi) is 2.15. The van der Waals surface area contributed by atoms with Gasteiger partial charge in [0.2, 0.25) is 0 Å². The van der Waals surface area contributed by atoms with Crippen molar-refractivity contribution < 1.29 is 9.84 Å². The van der Waals surface area contributed by atoms with E-state index in [0.29, 0.717) is 5.75 Å². The fraction of sp³-hybridized carbons (Fsp3) is 0.0667. The van der Waals surface area contributed by atoms with Crippen molar-refractivity contribution in [3.63, 3.8) is 0 Å². The minimum atomic E-state index is 0.260. The van der Waals surface area contributed by atoms with E-state index in [9.17, 15) is 5.11 Å². The lowest BCUT2D eigenvalue weighted by molar-refractivity contribution is 0.416. The molecule has 2 nitrogen and oxygen atoms in total. The highest BCUT2D eigenvalue weighted by molar-refractivity contribution is 6.12. The lowest BCUT2D eigenvalue weighted by atomic mass is 10.0. The molecule has 0 fully saturated rings. The summed E-state index contributed by atoms with van der Waals surface area (Å²) in [5.41, 5.74) is 0. The molecule has 0 aliphatic heterocycles. The molecule has 0 saturated heterocycles. The Hall–Kier alpha value is -2.22. The Morgan fingerprint density at radius 2 is 1.71 bits per heavy atom. The SMILES string of the molecule is COc1cccc2c1c(O)cc1ccccc12. The number of phenols is 1. The maximum atomic E-state index is 10.1. The van der Waals surface area contributed by atoms with Crippen LogP contribution in [0.1, 0.15) is 0 Å². The average molecular weight is 224 g/mol. The zero-order chi connectivity index (χ0) is 11.8.